The van der Waals surface area contributed by atoms with Gasteiger partial charge >= 0.3 is 0 Å². The summed E-state index contributed by atoms with van der Waals surface area (Å²) in [5.74, 6) is 0.0317. The number of benzene rings is 1. The van der Waals surface area contributed by atoms with Gasteiger partial charge in [-0.05, 0) is 31.9 Å². The number of carbonyl (C=O) groups is 1. The van der Waals surface area contributed by atoms with Gasteiger partial charge in [0.25, 0.3) is 0 Å². The third-order valence-electron chi connectivity index (χ3n) is 3.22. The van der Waals surface area contributed by atoms with Crippen molar-refractivity contribution in [3.8, 4) is 0 Å². The van der Waals surface area contributed by atoms with Gasteiger partial charge in [-0.15, -0.1) is 0 Å². The average molecular weight is 262 g/mol. The summed E-state index contributed by atoms with van der Waals surface area (Å²) >= 11 is 0. The first-order valence-corrected chi connectivity index (χ1v) is 6.90. The van der Waals surface area contributed by atoms with Crippen LogP contribution >= 0.6 is 0 Å². The maximum absolute atomic E-state index is 12.1. The first-order chi connectivity index (χ1) is 9.18. The van der Waals surface area contributed by atoms with Crippen LogP contribution < -0.4 is 10.6 Å². The number of hydrogen-bond acceptors (Lipinski definition) is 3. The van der Waals surface area contributed by atoms with Crippen LogP contribution in [0.4, 0.5) is 5.69 Å². The van der Waals surface area contributed by atoms with Crippen LogP contribution in [0.25, 0.3) is 0 Å². The Hall–Kier alpha value is -1.55. The van der Waals surface area contributed by atoms with Crippen LogP contribution in [0, 0.1) is 0 Å². The van der Waals surface area contributed by atoms with Crippen molar-refractivity contribution in [2.24, 2.45) is 0 Å². The largest absolute Gasteiger partial charge is 0.384 e. The first-order valence-electron chi connectivity index (χ1n) is 6.90. The Morgan fingerprint density at radius 2 is 2.26 bits per heavy atom. The Bertz CT molecular complexity index is 432. The summed E-state index contributed by atoms with van der Waals surface area (Å²) in [5.41, 5.74) is 2.17. The topological polar surface area (TPSA) is 50.4 Å². The predicted molar refractivity (Wildman–Crippen MR) is 76.4 cm³/mol. The lowest BCUT2D eigenvalue weighted by molar-refractivity contribution is -0.122. The summed E-state index contributed by atoms with van der Waals surface area (Å²) in [6, 6.07) is 7.98. The minimum Gasteiger partial charge on any atom is -0.384 e. The van der Waals surface area contributed by atoms with Crippen LogP contribution in [-0.4, -0.2) is 31.7 Å². The zero-order valence-corrected chi connectivity index (χ0v) is 11.6. The van der Waals surface area contributed by atoms with E-state index in [2.05, 4.69) is 10.6 Å². The van der Waals surface area contributed by atoms with Gasteiger partial charge < -0.3 is 15.4 Å². The molecule has 1 atom stereocenters. The van der Waals surface area contributed by atoms with Gasteiger partial charge in [-0.25, -0.2) is 0 Å². The molecule has 0 saturated carbocycles. The van der Waals surface area contributed by atoms with Crippen LogP contribution in [0.15, 0.2) is 24.3 Å². The van der Waals surface area contributed by atoms with E-state index in [9.17, 15) is 4.79 Å². The smallest absolute Gasteiger partial charge is 0.229 e. The minimum absolute atomic E-state index is 0.0674. The first kappa shape index (κ1) is 13.9. The molecule has 1 heterocycles. The highest BCUT2D eigenvalue weighted by atomic mass is 16.5. The molecule has 4 nitrogen and oxygen atoms in total. The van der Waals surface area contributed by atoms with Crippen LogP contribution in [0.5, 0.6) is 0 Å². The molecule has 1 aliphatic rings. The molecule has 2 N–H and O–H groups in total. The van der Waals surface area contributed by atoms with Gasteiger partial charge in [0.2, 0.25) is 5.91 Å². The van der Waals surface area contributed by atoms with E-state index in [4.69, 9.17) is 4.74 Å². The fraction of sp³-hybridized carbons (Fsp3) is 0.533. The van der Waals surface area contributed by atoms with E-state index >= 15 is 0 Å². The zero-order valence-electron chi connectivity index (χ0n) is 11.6. The highest BCUT2D eigenvalue weighted by Crippen LogP contribution is 2.30. The second-order valence-electron chi connectivity index (χ2n) is 5.08. The Morgan fingerprint density at radius 3 is 3.05 bits per heavy atom. The maximum Gasteiger partial charge on any atom is 0.229 e. The standard InChI is InChI=1S/C15H22N2O2/c1-11(2)19-9-5-8-16-15(18)13-10-17-14-7-4-3-6-12(13)14/h3-4,6-7,11,13,17H,5,8-10H2,1-2H3,(H,16,18). The van der Waals surface area contributed by atoms with Gasteiger partial charge in [0.15, 0.2) is 0 Å². The minimum atomic E-state index is -0.0674. The van der Waals surface area contributed by atoms with E-state index in [1.54, 1.807) is 0 Å². The lowest BCUT2D eigenvalue weighted by atomic mass is 10.0. The quantitative estimate of drug-likeness (QED) is 0.772. The molecule has 0 spiro atoms. The molecule has 4 heteroatoms. The van der Waals surface area contributed by atoms with Crippen LogP contribution in [0.2, 0.25) is 0 Å². The zero-order chi connectivity index (χ0) is 13.7. The highest BCUT2D eigenvalue weighted by molar-refractivity contribution is 5.88. The molecule has 104 valence electrons. The molecule has 1 amide bonds. The average Bonchev–Trinajstić information content (AvgIpc) is 2.81. The second-order valence-corrected chi connectivity index (χ2v) is 5.08. The van der Waals surface area contributed by atoms with Gasteiger partial charge in [-0.2, -0.15) is 0 Å². The van der Waals surface area contributed by atoms with Crippen molar-refractivity contribution < 1.29 is 9.53 Å². The number of nitrogens with one attached hydrogen (secondary N) is 2. The molecule has 1 aliphatic heterocycles. The summed E-state index contributed by atoms with van der Waals surface area (Å²) in [6.07, 6.45) is 1.10. The number of carbonyl (C=O) groups excluding carboxylic acids is 1. The van der Waals surface area contributed by atoms with Crippen LogP contribution in [0.1, 0.15) is 31.7 Å². The number of ether oxygens (including phenoxy) is 1. The molecule has 1 aromatic rings. The normalized spacial score (nSPS) is 17.1. The third kappa shape index (κ3) is 3.70. The SMILES string of the molecule is CC(C)OCCCNC(=O)C1CNc2ccccc21. The molecule has 2 rings (SSSR count). The number of hydrogen-bond donors (Lipinski definition) is 2. The molecule has 1 aromatic carbocycles. The van der Waals surface area contributed by atoms with Gasteiger partial charge in [0.1, 0.15) is 0 Å². The molecular weight excluding hydrogens is 240 g/mol. The molecule has 0 fully saturated rings. The Labute approximate surface area is 114 Å². The molecule has 0 saturated heterocycles. The van der Waals surface area contributed by atoms with Crippen molar-refractivity contribution in [1.82, 2.24) is 5.32 Å². The summed E-state index contributed by atoms with van der Waals surface area (Å²) in [4.78, 5) is 12.1. The fourth-order valence-electron chi connectivity index (χ4n) is 2.24. The van der Waals surface area contributed by atoms with Crippen molar-refractivity contribution in [3.63, 3.8) is 0 Å². The van der Waals surface area contributed by atoms with Crippen molar-refractivity contribution in [3.05, 3.63) is 29.8 Å². The van der Waals surface area contributed by atoms with Crippen molar-refractivity contribution in [1.29, 1.82) is 0 Å². The number of amides is 1. The predicted octanol–water partition coefficient (Wildman–Crippen LogP) is 2.13. The van der Waals surface area contributed by atoms with E-state index in [0.717, 1.165) is 17.7 Å². The molecule has 1 unspecified atom stereocenters. The van der Waals surface area contributed by atoms with E-state index in [1.807, 2.05) is 38.1 Å². The fourth-order valence-corrected chi connectivity index (χ4v) is 2.24. The Balaban J connectivity index is 1.76. The van der Waals surface area contributed by atoms with Crippen LogP contribution in [-0.2, 0) is 9.53 Å². The van der Waals surface area contributed by atoms with Crippen molar-refractivity contribution >= 4 is 11.6 Å². The number of fused-ring (bicyclic) bond motifs is 1. The van der Waals surface area contributed by atoms with E-state index in [-0.39, 0.29) is 17.9 Å². The van der Waals surface area contributed by atoms with Crippen molar-refractivity contribution in [2.45, 2.75) is 32.3 Å². The summed E-state index contributed by atoms with van der Waals surface area (Å²) in [5, 5.41) is 6.24. The molecule has 0 radical (unpaired) electrons. The van der Waals surface area contributed by atoms with E-state index in [0.29, 0.717) is 19.7 Å². The Kier molecular flexibility index (Phi) is 4.80. The lowest BCUT2D eigenvalue weighted by Gasteiger charge is -2.12. The molecule has 0 aliphatic carbocycles. The summed E-state index contributed by atoms with van der Waals surface area (Å²) in [7, 11) is 0. The molecule has 0 bridgehead atoms. The molecular formula is C15H22N2O2. The third-order valence-corrected chi connectivity index (χ3v) is 3.22. The number of anilines is 1. The van der Waals surface area contributed by atoms with E-state index < -0.39 is 0 Å². The summed E-state index contributed by atoms with van der Waals surface area (Å²) in [6.45, 7) is 6.08. The highest BCUT2D eigenvalue weighted by Gasteiger charge is 2.27. The number of para-hydroxylation sites is 1. The second kappa shape index (κ2) is 6.57. The van der Waals surface area contributed by atoms with E-state index in [1.165, 1.54) is 0 Å². The maximum atomic E-state index is 12.1. The monoisotopic (exact) mass is 262 g/mol. The molecule has 0 aromatic heterocycles. The van der Waals surface area contributed by atoms with Gasteiger partial charge in [-0.3, -0.25) is 4.79 Å². The van der Waals surface area contributed by atoms with Crippen LogP contribution in [0.3, 0.4) is 0 Å². The number of rotatable bonds is 6. The van der Waals surface area contributed by atoms with Gasteiger partial charge in [0, 0.05) is 25.4 Å². The Morgan fingerprint density at radius 1 is 1.47 bits per heavy atom. The summed E-state index contributed by atoms with van der Waals surface area (Å²) < 4.78 is 5.44. The van der Waals surface area contributed by atoms with Gasteiger partial charge in [-0.1, -0.05) is 18.2 Å². The molecule has 19 heavy (non-hydrogen) atoms. The van der Waals surface area contributed by atoms with Gasteiger partial charge in [0.05, 0.1) is 12.0 Å². The van der Waals surface area contributed by atoms with Crippen molar-refractivity contribution in [2.75, 3.05) is 25.0 Å². The lowest BCUT2D eigenvalue weighted by Crippen LogP contribution is -2.31.